The second kappa shape index (κ2) is 4.97. The lowest BCUT2D eigenvalue weighted by Gasteiger charge is -2.56. The fraction of sp³-hybridized carbons (Fsp3) is 0.688. The zero-order valence-corrected chi connectivity index (χ0v) is 14.5. The molecule has 4 heteroatoms. The molecule has 0 aliphatic heterocycles. The highest BCUT2D eigenvalue weighted by atomic mass is 127. The van der Waals surface area contributed by atoms with E-state index in [1.807, 2.05) is 11.4 Å². The van der Waals surface area contributed by atoms with Crippen molar-refractivity contribution in [2.24, 2.45) is 23.2 Å². The number of hydrogen-bond donors (Lipinski definition) is 1. The van der Waals surface area contributed by atoms with Crippen molar-refractivity contribution in [2.45, 2.75) is 38.5 Å². The summed E-state index contributed by atoms with van der Waals surface area (Å²) in [5.41, 5.74) is 1.28. The molecule has 4 aliphatic rings. The Bertz CT molecular complexity index is 503. The van der Waals surface area contributed by atoms with Crippen LogP contribution in [0.1, 0.15) is 48.9 Å². The molecule has 0 saturated heterocycles. The van der Waals surface area contributed by atoms with Crippen LogP contribution in [-0.4, -0.2) is 12.5 Å². The van der Waals surface area contributed by atoms with Gasteiger partial charge in [0, 0.05) is 11.9 Å². The number of rotatable bonds is 3. The molecular weight excluding hydrogens is 381 g/mol. The molecule has 4 bridgehead atoms. The molecule has 0 spiro atoms. The van der Waals surface area contributed by atoms with Crippen LogP contribution in [0, 0.1) is 26.1 Å². The van der Waals surface area contributed by atoms with Crippen LogP contribution in [-0.2, 0) is 0 Å². The van der Waals surface area contributed by atoms with E-state index in [9.17, 15) is 4.79 Å². The fourth-order valence-electron chi connectivity index (χ4n) is 5.31. The van der Waals surface area contributed by atoms with Gasteiger partial charge in [0.1, 0.15) is 0 Å². The molecule has 4 saturated carbocycles. The molecule has 4 fully saturated rings. The van der Waals surface area contributed by atoms with Crippen LogP contribution in [0.4, 0.5) is 0 Å². The molecule has 20 heavy (non-hydrogen) atoms. The lowest BCUT2D eigenvalue weighted by Crippen LogP contribution is -2.51. The number of nitrogens with one attached hydrogen (secondary N) is 1. The maximum atomic E-state index is 12.2. The number of hydrogen-bond acceptors (Lipinski definition) is 2. The Morgan fingerprint density at radius 3 is 2.35 bits per heavy atom. The highest BCUT2D eigenvalue weighted by Gasteiger charge is 2.50. The summed E-state index contributed by atoms with van der Waals surface area (Å²) in [6, 6.07) is 1.99. The Morgan fingerprint density at radius 2 is 1.85 bits per heavy atom. The first-order chi connectivity index (χ1) is 9.62. The first kappa shape index (κ1) is 13.6. The molecule has 0 aromatic carbocycles. The third-order valence-electron chi connectivity index (χ3n) is 5.62. The summed E-state index contributed by atoms with van der Waals surface area (Å²) in [7, 11) is 0. The lowest BCUT2D eigenvalue weighted by atomic mass is 9.49. The van der Waals surface area contributed by atoms with Crippen LogP contribution in [0.5, 0.6) is 0 Å². The molecule has 0 atom stereocenters. The van der Waals surface area contributed by atoms with E-state index in [0.717, 1.165) is 29.9 Å². The predicted octanol–water partition coefficient (Wildman–Crippen LogP) is 4.30. The molecule has 108 valence electrons. The topological polar surface area (TPSA) is 29.1 Å². The molecule has 0 unspecified atom stereocenters. The second-order valence-electron chi connectivity index (χ2n) is 7.24. The molecule has 1 heterocycles. The summed E-state index contributed by atoms with van der Waals surface area (Å²) in [5.74, 6) is 3.00. The Kier molecular flexibility index (Phi) is 3.37. The van der Waals surface area contributed by atoms with Crippen LogP contribution in [0.15, 0.2) is 11.4 Å². The van der Waals surface area contributed by atoms with E-state index in [4.69, 9.17) is 0 Å². The van der Waals surface area contributed by atoms with Gasteiger partial charge in [-0.1, -0.05) is 0 Å². The van der Waals surface area contributed by atoms with Crippen LogP contribution < -0.4 is 5.32 Å². The summed E-state index contributed by atoms with van der Waals surface area (Å²) in [6.07, 6.45) is 8.49. The van der Waals surface area contributed by atoms with Gasteiger partial charge in [-0.2, -0.15) is 0 Å². The minimum atomic E-state index is 0.125. The predicted molar refractivity (Wildman–Crippen MR) is 90.0 cm³/mol. The van der Waals surface area contributed by atoms with Crippen LogP contribution >= 0.6 is 33.9 Å². The number of halogens is 1. The zero-order chi connectivity index (χ0) is 13.7. The van der Waals surface area contributed by atoms with E-state index in [1.165, 1.54) is 41.4 Å². The zero-order valence-electron chi connectivity index (χ0n) is 11.5. The van der Waals surface area contributed by atoms with Crippen molar-refractivity contribution in [3.05, 3.63) is 19.9 Å². The molecule has 1 aromatic rings. The highest BCUT2D eigenvalue weighted by Crippen LogP contribution is 2.59. The summed E-state index contributed by atoms with van der Waals surface area (Å²) in [6.45, 7) is 0.905. The quantitative estimate of drug-likeness (QED) is 0.752. The number of amides is 1. The first-order valence-electron chi connectivity index (χ1n) is 7.64. The monoisotopic (exact) mass is 401 g/mol. The maximum Gasteiger partial charge on any atom is 0.252 e. The van der Waals surface area contributed by atoms with E-state index in [-0.39, 0.29) is 5.91 Å². The van der Waals surface area contributed by atoms with Gasteiger partial charge in [0.25, 0.3) is 5.91 Å². The van der Waals surface area contributed by atoms with E-state index in [0.29, 0.717) is 5.41 Å². The number of carbonyl (C=O) groups excluding carboxylic acids is 1. The van der Waals surface area contributed by atoms with Crippen molar-refractivity contribution in [3.8, 4) is 0 Å². The van der Waals surface area contributed by atoms with Crippen LogP contribution in [0.3, 0.4) is 0 Å². The molecular formula is C16H20INOS. The van der Waals surface area contributed by atoms with Crippen molar-refractivity contribution in [1.82, 2.24) is 5.32 Å². The van der Waals surface area contributed by atoms with Gasteiger partial charge in [-0.15, -0.1) is 11.3 Å². The molecule has 2 nitrogen and oxygen atoms in total. The molecule has 1 aromatic heterocycles. The molecule has 1 amide bonds. The van der Waals surface area contributed by atoms with Crippen LogP contribution in [0.25, 0.3) is 0 Å². The van der Waals surface area contributed by atoms with Crippen molar-refractivity contribution >= 4 is 39.8 Å². The van der Waals surface area contributed by atoms with E-state index >= 15 is 0 Å². The Balaban J connectivity index is 1.43. The number of carbonyl (C=O) groups is 1. The van der Waals surface area contributed by atoms with Gasteiger partial charge in [0.05, 0.1) is 8.45 Å². The first-order valence-corrected chi connectivity index (χ1v) is 9.60. The van der Waals surface area contributed by atoms with Gasteiger partial charge in [0.15, 0.2) is 0 Å². The minimum Gasteiger partial charge on any atom is -0.351 e. The van der Waals surface area contributed by atoms with Gasteiger partial charge < -0.3 is 5.32 Å². The van der Waals surface area contributed by atoms with E-state index in [1.54, 1.807) is 11.3 Å². The van der Waals surface area contributed by atoms with Gasteiger partial charge >= 0.3 is 0 Å². The Labute approximate surface area is 137 Å². The molecule has 1 N–H and O–H groups in total. The standard InChI is InChI=1S/C16H20INOS/c17-14-4-13(8-20-14)15(19)18-9-16-5-10-1-11(6-16)3-12(2-10)7-16/h4,8,10-12H,1-3,5-7,9H2,(H,18,19). The molecule has 0 radical (unpaired) electrons. The highest BCUT2D eigenvalue weighted by molar-refractivity contribution is 14.1. The van der Waals surface area contributed by atoms with Crippen molar-refractivity contribution in [3.63, 3.8) is 0 Å². The lowest BCUT2D eigenvalue weighted by molar-refractivity contribution is -0.0503. The van der Waals surface area contributed by atoms with E-state index < -0.39 is 0 Å². The Morgan fingerprint density at radius 1 is 1.25 bits per heavy atom. The van der Waals surface area contributed by atoms with Crippen molar-refractivity contribution in [2.75, 3.05) is 6.54 Å². The van der Waals surface area contributed by atoms with Crippen molar-refractivity contribution < 1.29 is 4.79 Å². The van der Waals surface area contributed by atoms with Gasteiger partial charge in [0.2, 0.25) is 0 Å². The third kappa shape index (κ3) is 2.43. The summed E-state index contributed by atoms with van der Waals surface area (Å²) in [5, 5.41) is 5.20. The average molecular weight is 401 g/mol. The Hall–Kier alpha value is -0.100. The molecule has 4 aliphatic carbocycles. The average Bonchev–Trinajstić information content (AvgIpc) is 2.81. The normalized spacial score (nSPS) is 38.1. The number of thiophene rings is 1. The smallest absolute Gasteiger partial charge is 0.252 e. The van der Waals surface area contributed by atoms with Crippen LogP contribution in [0.2, 0.25) is 0 Å². The largest absolute Gasteiger partial charge is 0.351 e. The van der Waals surface area contributed by atoms with E-state index in [2.05, 4.69) is 27.9 Å². The van der Waals surface area contributed by atoms with Gasteiger partial charge in [-0.05, 0) is 90.4 Å². The van der Waals surface area contributed by atoms with Gasteiger partial charge in [-0.25, -0.2) is 0 Å². The SMILES string of the molecule is O=C(NCC12CC3CC(CC(C3)C1)C2)c1csc(I)c1. The van der Waals surface area contributed by atoms with Gasteiger partial charge in [-0.3, -0.25) is 4.79 Å². The summed E-state index contributed by atoms with van der Waals surface area (Å²) in [4.78, 5) is 12.2. The minimum absolute atomic E-state index is 0.125. The second-order valence-corrected chi connectivity index (χ2v) is 10.0. The fourth-order valence-corrected chi connectivity index (χ4v) is 6.63. The third-order valence-corrected chi connectivity index (χ3v) is 7.41. The maximum absolute atomic E-state index is 12.2. The summed E-state index contributed by atoms with van der Waals surface area (Å²) < 4.78 is 1.18. The van der Waals surface area contributed by atoms with Crippen molar-refractivity contribution in [1.29, 1.82) is 0 Å². The molecule has 5 rings (SSSR count). The summed E-state index contributed by atoms with van der Waals surface area (Å²) >= 11 is 3.92.